The molecule has 0 unspecified atom stereocenters. The Bertz CT molecular complexity index is 774. The first-order valence-corrected chi connectivity index (χ1v) is 9.20. The van der Waals surface area contributed by atoms with Gasteiger partial charge in [0.2, 0.25) is 0 Å². The minimum atomic E-state index is -1.13. The maximum absolute atomic E-state index is 12.5. The van der Waals surface area contributed by atoms with Gasteiger partial charge in [-0.25, -0.2) is 9.78 Å². The molecule has 0 aliphatic carbocycles. The quantitative estimate of drug-likeness (QED) is 0.878. The molecule has 1 aromatic heterocycles. The third kappa shape index (κ3) is 4.52. The van der Waals surface area contributed by atoms with E-state index in [1.165, 1.54) is 11.0 Å². The lowest BCUT2D eigenvalue weighted by molar-refractivity contribution is 0.0689. The molecule has 0 atom stereocenters. The van der Waals surface area contributed by atoms with Gasteiger partial charge in [-0.2, -0.15) is 0 Å². The summed E-state index contributed by atoms with van der Waals surface area (Å²) in [5.41, 5.74) is 0.0720. The van der Waals surface area contributed by atoms with Crippen LogP contribution in [0.2, 0.25) is 5.02 Å². The van der Waals surface area contributed by atoms with E-state index in [4.69, 9.17) is 16.7 Å². The number of carbonyl (C=O) groups excluding carboxylic acids is 1. The Labute approximate surface area is 155 Å². The van der Waals surface area contributed by atoms with Crippen LogP contribution < -0.4 is 0 Å². The lowest BCUT2D eigenvalue weighted by Gasteiger charge is -2.31. The number of aromatic nitrogens is 1. The number of benzene rings is 1. The molecule has 3 rings (SSSR count). The highest BCUT2D eigenvalue weighted by atomic mass is 35.5. The second-order valence-corrected chi connectivity index (χ2v) is 7.59. The van der Waals surface area contributed by atoms with Gasteiger partial charge in [-0.1, -0.05) is 17.7 Å². The van der Waals surface area contributed by atoms with Crippen molar-refractivity contribution in [1.29, 1.82) is 0 Å². The van der Waals surface area contributed by atoms with Crippen molar-refractivity contribution < 1.29 is 14.7 Å². The highest BCUT2D eigenvalue weighted by Crippen LogP contribution is 2.31. The van der Waals surface area contributed by atoms with E-state index in [-0.39, 0.29) is 17.3 Å². The predicted molar refractivity (Wildman–Crippen MR) is 97.4 cm³/mol. The fourth-order valence-electron chi connectivity index (χ4n) is 2.72. The van der Waals surface area contributed by atoms with Crippen LogP contribution in [0, 0.1) is 0 Å². The summed E-state index contributed by atoms with van der Waals surface area (Å²) in [4.78, 5) is 30.4. The number of hydrogen-bond acceptors (Lipinski definition) is 4. The largest absolute Gasteiger partial charge is 0.477 e. The molecule has 1 amide bonds. The number of aromatic carboxylic acids is 1. The molecule has 0 saturated carbocycles. The second-order valence-electron chi connectivity index (χ2n) is 5.78. The molecule has 0 spiro atoms. The van der Waals surface area contributed by atoms with Gasteiger partial charge >= 0.3 is 5.97 Å². The third-order valence-electron chi connectivity index (χ3n) is 4.03. The second kappa shape index (κ2) is 7.89. The number of rotatable bonds is 4. The number of hydrogen-bond donors (Lipinski definition) is 1. The molecule has 1 aromatic carbocycles. The molecule has 130 valence electrons. The number of thioether (sulfide) groups is 1. The maximum atomic E-state index is 12.5. The molecule has 1 fully saturated rings. The van der Waals surface area contributed by atoms with Gasteiger partial charge < -0.3 is 10.0 Å². The van der Waals surface area contributed by atoms with Crippen molar-refractivity contribution in [3.8, 4) is 0 Å². The number of carbonyl (C=O) groups is 2. The average molecular weight is 377 g/mol. The molecule has 0 radical (unpaired) electrons. The summed E-state index contributed by atoms with van der Waals surface area (Å²) in [5.74, 6) is -1.34. The zero-order valence-corrected chi connectivity index (χ0v) is 15.0. The molecule has 1 aliphatic heterocycles. The third-order valence-corrected chi connectivity index (χ3v) is 5.63. The molecular weight excluding hydrogens is 360 g/mol. The standard InChI is InChI=1S/C18H17ClN2O3S/c19-12-4-6-13(7-5-12)25-14-8-10-21(11-9-14)17(22)15-2-1-3-16(20-15)18(23)24/h1-7,14H,8-11H2,(H,23,24). The first-order chi connectivity index (χ1) is 12.0. The zero-order valence-electron chi connectivity index (χ0n) is 13.4. The van der Waals surface area contributed by atoms with E-state index in [2.05, 4.69) is 4.98 Å². The molecule has 0 bridgehead atoms. The van der Waals surface area contributed by atoms with E-state index in [1.807, 2.05) is 24.3 Å². The van der Waals surface area contributed by atoms with Crippen molar-refractivity contribution in [2.75, 3.05) is 13.1 Å². The summed E-state index contributed by atoms with van der Waals surface area (Å²) < 4.78 is 0. The van der Waals surface area contributed by atoms with Gasteiger partial charge in [0.1, 0.15) is 11.4 Å². The van der Waals surface area contributed by atoms with Crippen LogP contribution in [-0.2, 0) is 0 Å². The molecular formula is C18H17ClN2O3S. The Hall–Kier alpha value is -2.05. The van der Waals surface area contributed by atoms with Gasteiger partial charge in [0.15, 0.2) is 0 Å². The fourth-order valence-corrected chi connectivity index (χ4v) is 3.97. The minimum Gasteiger partial charge on any atom is -0.477 e. The Morgan fingerprint density at radius 1 is 1.08 bits per heavy atom. The highest BCUT2D eigenvalue weighted by molar-refractivity contribution is 8.00. The Balaban J connectivity index is 1.58. The van der Waals surface area contributed by atoms with Crippen LogP contribution in [-0.4, -0.2) is 45.2 Å². The zero-order chi connectivity index (χ0) is 17.8. The summed E-state index contributed by atoms with van der Waals surface area (Å²) in [6.07, 6.45) is 1.77. The highest BCUT2D eigenvalue weighted by Gasteiger charge is 2.25. The first-order valence-electron chi connectivity index (χ1n) is 7.95. The van der Waals surface area contributed by atoms with Crippen LogP contribution in [0.4, 0.5) is 0 Å². The maximum Gasteiger partial charge on any atom is 0.354 e. The van der Waals surface area contributed by atoms with E-state index >= 15 is 0 Å². The van der Waals surface area contributed by atoms with Gasteiger partial charge in [0.25, 0.3) is 5.91 Å². The Morgan fingerprint density at radius 2 is 1.72 bits per heavy atom. The number of halogens is 1. The van der Waals surface area contributed by atoms with Crippen molar-refractivity contribution in [1.82, 2.24) is 9.88 Å². The lowest BCUT2D eigenvalue weighted by Crippen LogP contribution is -2.39. The number of carboxylic acids is 1. The Kier molecular flexibility index (Phi) is 5.60. The van der Waals surface area contributed by atoms with Gasteiger partial charge in [-0.3, -0.25) is 4.79 Å². The molecule has 1 aliphatic rings. The molecule has 7 heteroatoms. The van der Waals surface area contributed by atoms with Crippen LogP contribution in [0.5, 0.6) is 0 Å². The SMILES string of the molecule is O=C(O)c1cccc(C(=O)N2CCC(Sc3ccc(Cl)cc3)CC2)n1. The first kappa shape index (κ1) is 17.8. The number of nitrogens with zero attached hydrogens (tertiary/aromatic N) is 2. The summed E-state index contributed by atoms with van der Waals surface area (Å²) in [6.45, 7) is 1.28. The number of piperidine rings is 1. The smallest absolute Gasteiger partial charge is 0.354 e. The van der Waals surface area contributed by atoms with Gasteiger partial charge in [0, 0.05) is 28.3 Å². The molecule has 25 heavy (non-hydrogen) atoms. The number of amides is 1. The average Bonchev–Trinajstić information content (AvgIpc) is 2.64. The summed E-state index contributed by atoms with van der Waals surface area (Å²) in [5, 5.41) is 10.2. The van der Waals surface area contributed by atoms with Crippen molar-refractivity contribution >= 4 is 35.2 Å². The van der Waals surface area contributed by atoms with Crippen LogP contribution >= 0.6 is 23.4 Å². The molecule has 1 saturated heterocycles. The molecule has 2 heterocycles. The number of pyridine rings is 1. The summed E-state index contributed by atoms with van der Waals surface area (Å²) >= 11 is 7.70. The van der Waals surface area contributed by atoms with Crippen LogP contribution in [0.1, 0.15) is 33.8 Å². The minimum absolute atomic E-state index is 0.112. The lowest BCUT2D eigenvalue weighted by atomic mass is 10.1. The Morgan fingerprint density at radius 3 is 2.36 bits per heavy atom. The van der Waals surface area contributed by atoms with Gasteiger partial charge in [-0.15, -0.1) is 11.8 Å². The van der Waals surface area contributed by atoms with Gasteiger partial charge in [-0.05, 0) is 49.2 Å². The molecule has 1 N–H and O–H groups in total. The van der Waals surface area contributed by atoms with Crippen LogP contribution in [0.3, 0.4) is 0 Å². The van der Waals surface area contributed by atoms with E-state index in [0.29, 0.717) is 18.3 Å². The normalized spacial score (nSPS) is 15.2. The predicted octanol–water partition coefficient (Wildman–Crippen LogP) is 3.83. The van der Waals surface area contributed by atoms with E-state index in [1.54, 1.807) is 28.8 Å². The van der Waals surface area contributed by atoms with E-state index in [9.17, 15) is 9.59 Å². The number of likely N-dealkylation sites (tertiary alicyclic amines) is 1. The monoisotopic (exact) mass is 376 g/mol. The summed E-state index contributed by atoms with van der Waals surface area (Å²) in [6, 6.07) is 12.3. The van der Waals surface area contributed by atoms with Crippen LogP contribution in [0.15, 0.2) is 47.4 Å². The van der Waals surface area contributed by atoms with Crippen molar-refractivity contribution in [3.63, 3.8) is 0 Å². The van der Waals surface area contributed by atoms with Crippen LogP contribution in [0.25, 0.3) is 0 Å². The topological polar surface area (TPSA) is 70.5 Å². The van der Waals surface area contributed by atoms with Crippen molar-refractivity contribution in [2.24, 2.45) is 0 Å². The van der Waals surface area contributed by atoms with E-state index in [0.717, 1.165) is 17.9 Å². The molecule has 5 nitrogen and oxygen atoms in total. The van der Waals surface area contributed by atoms with Crippen molar-refractivity contribution in [3.05, 3.63) is 58.9 Å². The van der Waals surface area contributed by atoms with Crippen molar-refractivity contribution in [2.45, 2.75) is 23.0 Å². The fraction of sp³-hybridized carbons (Fsp3) is 0.278. The molecule has 2 aromatic rings. The van der Waals surface area contributed by atoms with E-state index < -0.39 is 5.97 Å². The number of carboxylic acid groups (broad SMARTS) is 1. The summed E-state index contributed by atoms with van der Waals surface area (Å²) in [7, 11) is 0. The van der Waals surface area contributed by atoms with Gasteiger partial charge in [0.05, 0.1) is 0 Å².